The number of carbonyl (C=O) groups excluding carboxylic acids is 2. The molecule has 2 aliphatic rings. The van der Waals surface area contributed by atoms with Gasteiger partial charge in [0, 0.05) is 43.9 Å². The molecule has 4 rings (SSSR count). The fourth-order valence-corrected chi connectivity index (χ4v) is 4.83. The number of amidine groups is 1. The molecule has 1 aromatic heterocycles. The van der Waals surface area contributed by atoms with Crippen LogP contribution in [0.5, 0.6) is 0 Å². The van der Waals surface area contributed by atoms with Gasteiger partial charge in [0.25, 0.3) is 5.91 Å². The first-order valence-electron chi connectivity index (χ1n) is 12.4. The molecule has 0 unspecified atom stereocenters. The fraction of sp³-hybridized carbons (Fsp3) is 0.296. The number of carbonyl (C=O) groups is 2. The molecule has 13 heteroatoms. The van der Waals surface area contributed by atoms with Crippen molar-refractivity contribution in [3.05, 3.63) is 76.3 Å². The van der Waals surface area contributed by atoms with E-state index in [0.29, 0.717) is 41.7 Å². The van der Waals surface area contributed by atoms with Crippen LogP contribution in [0.4, 0.5) is 19.0 Å². The molecular formula is C27H27ClF3N7O2. The summed E-state index contributed by atoms with van der Waals surface area (Å²) in [6, 6.07) is 7.79. The van der Waals surface area contributed by atoms with Crippen molar-refractivity contribution >= 4 is 47.5 Å². The molecule has 2 amide bonds. The first-order valence-corrected chi connectivity index (χ1v) is 12.7. The van der Waals surface area contributed by atoms with E-state index in [0.717, 1.165) is 31.2 Å². The fourth-order valence-electron chi connectivity index (χ4n) is 4.63. The molecule has 0 spiro atoms. The van der Waals surface area contributed by atoms with E-state index in [2.05, 4.69) is 27.0 Å². The summed E-state index contributed by atoms with van der Waals surface area (Å²) in [6.07, 6.45) is -0.375. The van der Waals surface area contributed by atoms with E-state index in [4.69, 9.17) is 17.3 Å². The number of nitrogens with zero attached hydrogens (tertiary/aromatic N) is 5. The van der Waals surface area contributed by atoms with Gasteiger partial charge in [-0.2, -0.15) is 13.2 Å². The third kappa shape index (κ3) is 6.50. The van der Waals surface area contributed by atoms with Crippen LogP contribution in [-0.4, -0.2) is 58.8 Å². The molecule has 2 aromatic rings. The Morgan fingerprint density at radius 1 is 1.23 bits per heavy atom. The van der Waals surface area contributed by atoms with Crippen LogP contribution in [0.3, 0.4) is 0 Å². The summed E-state index contributed by atoms with van der Waals surface area (Å²) in [7, 11) is 0. The summed E-state index contributed by atoms with van der Waals surface area (Å²) >= 11 is 6.55. The van der Waals surface area contributed by atoms with E-state index in [9.17, 15) is 22.8 Å². The smallest absolute Gasteiger partial charge is 0.382 e. The van der Waals surface area contributed by atoms with Crippen LogP contribution < -0.4 is 11.1 Å². The van der Waals surface area contributed by atoms with Gasteiger partial charge in [-0.3, -0.25) is 14.6 Å². The zero-order valence-corrected chi connectivity index (χ0v) is 22.3. The zero-order chi connectivity index (χ0) is 29.0. The van der Waals surface area contributed by atoms with E-state index >= 15 is 0 Å². The maximum atomic E-state index is 13.0. The van der Waals surface area contributed by atoms with Gasteiger partial charge < -0.3 is 20.9 Å². The van der Waals surface area contributed by atoms with Crippen LogP contribution in [0.1, 0.15) is 41.3 Å². The monoisotopic (exact) mass is 573 g/mol. The Balaban J connectivity index is 1.58. The Hall–Kier alpha value is -4.19. The second-order valence-electron chi connectivity index (χ2n) is 9.36. The topological polar surface area (TPSA) is 116 Å². The van der Waals surface area contributed by atoms with Crippen LogP contribution in [0.2, 0.25) is 0 Å². The number of aliphatic imine (C=N–C) groups is 2. The quantitative estimate of drug-likeness (QED) is 0.384. The van der Waals surface area contributed by atoms with Crippen LogP contribution in [0, 0.1) is 5.92 Å². The molecule has 3 N–H and O–H groups in total. The zero-order valence-electron chi connectivity index (χ0n) is 21.6. The minimum absolute atomic E-state index is 0.0169. The summed E-state index contributed by atoms with van der Waals surface area (Å²) in [5.41, 5.74) is 6.91. The van der Waals surface area contributed by atoms with Gasteiger partial charge >= 0.3 is 6.18 Å². The van der Waals surface area contributed by atoms with Gasteiger partial charge in [0.15, 0.2) is 0 Å². The van der Waals surface area contributed by atoms with Gasteiger partial charge in [-0.05, 0) is 49.7 Å². The third-order valence-electron chi connectivity index (χ3n) is 6.62. The lowest BCUT2D eigenvalue weighted by molar-refractivity contribution is -0.137. The van der Waals surface area contributed by atoms with E-state index in [1.807, 2.05) is 4.90 Å². The Morgan fingerprint density at radius 2 is 1.93 bits per heavy atom. The molecule has 1 aromatic carbocycles. The first kappa shape index (κ1) is 28.8. The van der Waals surface area contributed by atoms with Crippen LogP contribution >= 0.6 is 11.6 Å². The normalized spacial score (nSPS) is 19.0. The first-order chi connectivity index (χ1) is 19.0. The SMILES string of the molecule is C=N/C(=C1/C(N)=NC=C(Cl)N1C[C@@H]1CCCN(C(C)=O)C1)c1ccc(C(=O)Nc2cc(C(F)(F)F)ccn2)cc1. The van der Waals surface area contributed by atoms with Crippen molar-refractivity contribution in [2.24, 2.45) is 21.6 Å². The number of rotatable bonds is 6. The van der Waals surface area contributed by atoms with Gasteiger partial charge in [-0.15, -0.1) is 0 Å². The maximum absolute atomic E-state index is 13.0. The molecule has 9 nitrogen and oxygen atoms in total. The largest absolute Gasteiger partial charge is 0.416 e. The number of benzene rings is 1. The van der Waals surface area contributed by atoms with E-state index in [1.54, 1.807) is 24.0 Å². The highest BCUT2D eigenvalue weighted by Crippen LogP contribution is 2.33. The van der Waals surface area contributed by atoms with Crippen molar-refractivity contribution in [3.8, 4) is 0 Å². The van der Waals surface area contributed by atoms with Crippen molar-refractivity contribution in [3.63, 3.8) is 0 Å². The van der Waals surface area contributed by atoms with Crippen LogP contribution in [0.15, 0.2) is 69.6 Å². The Kier molecular flexibility index (Phi) is 8.58. The molecule has 0 radical (unpaired) electrons. The Bertz CT molecular complexity index is 1400. The molecule has 210 valence electrons. The standard InChI is InChI=1S/C27H27ClF3N7O2/c1-16(39)37-11-3-4-17(14-37)15-38-21(28)13-35-25(32)24(38)23(33-2)18-5-7-19(8-6-18)26(40)36-22-12-20(9-10-34-22)27(29,30)31/h5-10,12-13,17H,2-4,11,14-15H2,1H3,(H2,32,35)(H,34,36,40)/b24-23-/t17-/m1/s1. The number of hydrogen-bond acceptors (Lipinski definition) is 7. The van der Waals surface area contributed by atoms with Crippen molar-refractivity contribution in [2.75, 3.05) is 25.0 Å². The van der Waals surface area contributed by atoms with Crippen LogP contribution in [0.25, 0.3) is 5.70 Å². The average molecular weight is 574 g/mol. The number of amides is 2. The van der Waals surface area contributed by atoms with Crippen LogP contribution in [-0.2, 0) is 11.0 Å². The number of likely N-dealkylation sites (tertiary alicyclic amines) is 1. The van der Waals surface area contributed by atoms with Crippen molar-refractivity contribution in [2.45, 2.75) is 25.9 Å². The predicted molar refractivity (Wildman–Crippen MR) is 147 cm³/mol. The average Bonchev–Trinajstić information content (AvgIpc) is 2.92. The lowest BCUT2D eigenvalue weighted by Gasteiger charge is -2.37. The highest BCUT2D eigenvalue weighted by atomic mass is 35.5. The van der Waals surface area contributed by atoms with Crippen molar-refractivity contribution in [1.29, 1.82) is 0 Å². The summed E-state index contributed by atoms with van der Waals surface area (Å²) in [5, 5.41) is 2.70. The molecule has 1 fully saturated rings. The molecule has 0 saturated carbocycles. The number of aromatic nitrogens is 1. The molecule has 2 aliphatic heterocycles. The molecule has 0 bridgehead atoms. The predicted octanol–water partition coefficient (Wildman–Crippen LogP) is 4.69. The summed E-state index contributed by atoms with van der Waals surface area (Å²) in [5.74, 6) is -0.555. The van der Waals surface area contributed by atoms with Crippen molar-refractivity contribution < 1.29 is 22.8 Å². The Morgan fingerprint density at radius 3 is 2.58 bits per heavy atom. The molecule has 1 atom stereocenters. The van der Waals surface area contributed by atoms with Gasteiger partial charge in [0.05, 0.1) is 17.5 Å². The number of nitrogens with one attached hydrogen (secondary N) is 1. The summed E-state index contributed by atoms with van der Waals surface area (Å²) in [6.45, 7) is 7.00. The number of pyridine rings is 1. The molecule has 40 heavy (non-hydrogen) atoms. The van der Waals surface area contributed by atoms with E-state index in [-0.39, 0.29) is 29.0 Å². The lowest BCUT2D eigenvalue weighted by Crippen LogP contribution is -2.44. The highest BCUT2D eigenvalue weighted by molar-refractivity contribution is 6.30. The van der Waals surface area contributed by atoms with Gasteiger partial charge in [0.1, 0.15) is 22.5 Å². The third-order valence-corrected chi connectivity index (χ3v) is 6.92. The van der Waals surface area contributed by atoms with E-state index < -0.39 is 17.6 Å². The minimum Gasteiger partial charge on any atom is -0.382 e. The van der Waals surface area contributed by atoms with E-state index in [1.165, 1.54) is 18.3 Å². The Labute approximate surface area is 233 Å². The molecule has 1 saturated heterocycles. The summed E-state index contributed by atoms with van der Waals surface area (Å²) < 4.78 is 39.0. The number of nitrogens with two attached hydrogens (primary N) is 1. The maximum Gasteiger partial charge on any atom is 0.416 e. The van der Waals surface area contributed by atoms with Gasteiger partial charge in [0.2, 0.25) is 5.91 Å². The number of piperidine rings is 1. The molecule has 0 aliphatic carbocycles. The second-order valence-corrected chi connectivity index (χ2v) is 9.75. The van der Waals surface area contributed by atoms with Gasteiger partial charge in [-0.25, -0.2) is 9.98 Å². The number of halogens is 4. The molecule has 3 heterocycles. The second kappa shape index (κ2) is 11.9. The number of alkyl halides is 3. The van der Waals surface area contributed by atoms with Gasteiger partial charge in [-0.1, -0.05) is 23.7 Å². The highest BCUT2D eigenvalue weighted by Gasteiger charge is 2.31. The lowest BCUT2D eigenvalue weighted by atomic mass is 9.96. The van der Waals surface area contributed by atoms with Crippen molar-refractivity contribution in [1.82, 2.24) is 14.8 Å². The minimum atomic E-state index is -4.56. The summed E-state index contributed by atoms with van der Waals surface area (Å²) in [4.78, 5) is 40.4. The molecular weight excluding hydrogens is 547 g/mol. The number of anilines is 1. The number of hydrogen-bond donors (Lipinski definition) is 2.